The van der Waals surface area contributed by atoms with Gasteiger partial charge in [-0.2, -0.15) is 0 Å². The molecule has 2 heteroatoms. The molecule has 2 bridgehead atoms. The Bertz CT molecular complexity index is 257. The molecule has 0 saturated heterocycles. The molecule has 1 N–H and O–H groups in total. The highest BCUT2D eigenvalue weighted by molar-refractivity contribution is 5.96. The van der Waals surface area contributed by atoms with Gasteiger partial charge in [-0.3, -0.25) is 4.79 Å². The molecule has 0 aromatic rings. The SMILES string of the molecule is O=C1NC2C=C1CCCCCCCCC2. The maximum Gasteiger partial charge on any atom is 0.247 e. The van der Waals surface area contributed by atoms with E-state index in [1.54, 1.807) is 0 Å². The Morgan fingerprint density at radius 2 is 1.67 bits per heavy atom. The van der Waals surface area contributed by atoms with Gasteiger partial charge in [0.1, 0.15) is 0 Å². The minimum absolute atomic E-state index is 0.194. The molecule has 1 atom stereocenters. The average molecular weight is 207 g/mol. The summed E-state index contributed by atoms with van der Waals surface area (Å²) in [7, 11) is 0. The molecule has 1 amide bonds. The minimum atomic E-state index is 0.194. The number of amides is 1. The molecule has 15 heavy (non-hydrogen) atoms. The van der Waals surface area contributed by atoms with Crippen LogP contribution < -0.4 is 5.32 Å². The van der Waals surface area contributed by atoms with E-state index in [2.05, 4.69) is 11.4 Å². The smallest absolute Gasteiger partial charge is 0.247 e. The minimum Gasteiger partial charge on any atom is -0.346 e. The van der Waals surface area contributed by atoms with E-state index >= 15 is 0 Å². The Morgan fingerprint density at radius 3 is 2.47 bits per heavy atom. The largest absolute Gasteiger partial charge is 0.346 e. The molecular weight excluding hydrogens is 186 g/mol. The van der Waals surface area contributed by atoms with E-state index in [9.17, 15) is 4.79 Å². The lowest BCUT2D eigenvalue weighted by molar-refractivity contribution is -0.117. The van der Waals surface area contributed by atoms with E-state index in [4.69, 9.17) is 0 Å². The predicted molar refractivity (Wildman–Crippen MR) is 61.6 cm³/mol. The second-order valence-electron chi connectivity index (χ2n) is 4.79. The molecule has 0 aromatic carbocycles. The van der Waals surface area contributed by atoms with Gasteiger partial charge in [0.25, 0.3) is 0 Å². The third kappa shape index (κ3) is 3.08. The Labute approximate surface area is 92.1 Å². The molecule has 2 nitrogen and oxygen atoms in total. The van der Waals surface area contributed by atoms with E-state index < -0.39 is 0 Å². The Balaban J connectivity index is 1.92. The molecule has 0 spiro atoms. The third-order valence-electron chi connectivity index (χ3n) is 3.47. The van der Waals surface area contributed by atoms with E-state index in [0.717, 1.165) is 18.4 Å². The van der Waals surface area contributed by atoms with Crippen LogP contribution in [-0.4, -0.2) is 11.9 Å². The predicted octanol–water partition coefficient (Wildman–Crippen LogP) is 2.94. The zero-order valence-electron chi connectivity index (χ0n) is 9.43. The molecule has 0 aromatic heterocycles. The lowest BCUT2D eigenvalue weighted by atomic mass is 10.0. The number of carbonyl (C=O) groups is 1. The lowest BCUT2D eigenvalue weighted by Crippen LogP contribution is -2.27. The molecule has 1 heterocycles. The molecular formula is C13H21NO. The van der Waals surface area contributed by atoms with Gasteiger partial charge < -0.3 is 5.32 Å². The van der Waals surface area contributed by atoms with Gasteiger partial charge in [0.2, 0.25) is 5.91 Å². The Kier molecular flexibility index (Phi) is 3.81. The molecule has 1 aliphatic heterocycles. The quantitative estimate of drug-likeness (QED) is 0.650. The molecule has 1 aliphatic carbocycles. The van der Waals surface area contributed by atoms with Crippen LogP contribution in [0.25, 0.3) is 0 Å². The van der Waals surface area contributed by atoms with Crippen molar-refractivity contribution in [2.24, 2.45) is 0 Å². The molecule has 0 saturated carbocycles. The van der Waals surface area contributed by atoms with Gasteiger partial charge in [0.05, 0.1) is 0 Å². The van der Waals surface area contributed by atoms with Crippen molar-refractivity contribution in [2.75, 3.05) is 0 Å². The maximum absolute atomic E-state index is 11.6. The normalized spacial score (nSPS) is 28.7. The first kappa shape index (κ1) is 10.7. The van der Waals surface area contributed by atoms with E-state index in [-0.39, 0.29) is 5.91 Å². The summed E-state index contributed by atoms with van der Waals surface area (Å²) >= 11 is 0. The zero-order chi connectivity index (χ0) is 10.5. The number of hydrogen-bond acceptors (Lipinski definition) is 1. The van der Waals surface area contributed by atoms with Crippen LogP contribution in [0.1, 0.15) is 57.8 Å². The van der Waals surface area contributed by atoms with E-state index in [1.165, 1.54) is 44.9 Å². The highest BCUT2D eigenvalue weighted by atomic mass is 16.2. The molecule has 0 radical (unpaired) electrons. The topological polar surface area (TPSA) is 29.1 Å². The van der Waals surface area contributed by atoms with Crippen molar-refractivity contribution < 1.29 is 4.79 Å². The van der Waals surface area contributed by atoms with Crippen LogP contribution in [0.5, 0.6) is 0 Å². The highest BCUT2D eigenvalue weighted by Crippen LogP contribution is 2.20. The maximum atomic E-state index is 11.6. The van der Waals surface area contributed by atoms with Gasteiger partial charge in [-0.1, -0.05) is 44.6 Å². The lowest BCUT2D eigenvalue weighted by Gasteiger charge is -2.08. The standard InChI is InChI=1S/C13H21NO/c15-13-11-8-6-4-2-1-3-5-7-9-12(10-11)14-13/h10,12H,1-9H2,(H,14,15). The van der Waals surface area contributed by atoms with Crippen LogP contribution in [0.4, 0.5) is 0 Å². The number of carbonyl (C=O) groups excluding carboxylic acids is 1. The Morgan fingerprint density at radius 1 is 1.00 bits per heavy atom. The fraction of sp³-hybridized carbons (Fsp3) is 0.769. The van der Waals surface area contributed by atoms with Gasteiger partial charge in [-0.05, 0) is 19.3 Å². The second-order valence-corrected chi connectivity index (χ2v) is 4.79. The summed E-state index contributed by atoms with van der Waals surface area (Å²) in [6.45, 7) is 0. The van der Waals surface area contributed by atoms with E-state index in [1.807, 2.05) is 0 Å². The Hall–Kier alpha value is -0.790. The van der Waals surface area contributed by atoms with Crippen LogP contribution >= 0.6 is 0 Å². The third-order valence-corrected chi connectivity index (χ3v) is 3.47. The van der Waals surface area contributed by atoms with Crippen molar-refractivity contribution in [3.8, 4) is 0 Å². The van der Waals surface area contributed by atoms with Gasteiger partial charge >= 0.3 is 0 Å². The van der Waals surface area contributed by atoms with Crippen molar-refractivity contribution in [3.63, 3.8) is 0 Å². The first-order valence-corrected chi connectivity index (χ1v) is 6.38. The first-order chi connectivity index (χ1) is 7.36. The summed E-state index contributed by atoms with van der Waals surface area (Å²) in [6, 6.07) is 0.340. The number of fused-ring (bicyclic) bond motifs is 1. The first-order valence-electron chi connectivity index (χ1n) is 6.38. The van der Waals surface area contributed by atoms with Crippen LogP contribution in [0, 0.1) is 0 Å². The molecule has 0 fully saturated rings. The van der Waals surface area contributed by atoms with Crippen LogP contribution in [-0.2, 0) is 4.79 Å². The summed E-state index contributed by atoms with van der Waals surface area (Å²) in [5, 5.41) is 3.06. The fourth-order valence-corrected chi connectivity index (χ4v) is 2.54. The van der Waals surface area contributed by atoms with Crippen molar-refractivity contribution in [2.45, 2.75) is 63.8 Å². The van der Waals surface area contributed by atoms with Gasteiger partial charge in [0.15, 0.2) is 0 Å². The summed E-state index contributed by atoms with van der Waals surface area (Å²) in [5.41, 5.74) is 1.04. The van der Waals surface area contributed by atoms with Crippen molar-refractivity contribution >= 4 is 5.91 Å². The summed E-state index contributed by atoms with van der Waals surface area (Å²) < 4.78 is 0. The molecule has 84 valence electrons. The van der Waals surface area contributed by atoms with E-state index in [0.29, 0.717) is 6.04 Å². The van der Waals surface area contributed by atoms with Gasteiger partial charge in [-0.15, -0.1) is 0 Å². The number of nitrogens with one attached hydrogen (secondary N) is 1. The monoisotopic (exact) mass is 207 g/mol. The van der Waals surface area contributed by atoms with Crippen molar-refractivity contribution in [1.82, 2.24) is 5.32 Å². The van der Waals surface area contributed by atoms with Gasteiger partial charge in [-0.25, -0.2) is 0 Å². The van der Waals surface area contributed by atoms with Crippen molar-refractivity contribution in [1.29, 1.82) is 0 Å². The summed E-state index contributed by atoms with van der Waals surface area (Å²) in [5.74, 6) is 0.194. The van der Waals surface area contributed by atoms with Crippen molar-refractivity contribution in [3.05, 3.63) is 11.6 Å². The number of rotatable bonds is 0. The van der Waals surface area contributed by atoms with Crippen LogP contribution in [0.15, 0.2) is 11.6 Å². The summed E-state index contributed by atoms with van der Waals surface area (Å²) in [4.78, 5) is 11.6. The highest BCUT2D eigenvalue weighted by Gasteiger charge is 2.21. The second kappa shape index (κ2) is 5.34. The number of hydrogen-bond donors (Lipinski definition) is 1. The molecule has 1 unspecified atom stereocenters. The van der Waals surface area contributed by atoms with Gasteiger partial charge in [0, 0.05) is 11.6 Å². The molecule has 2 aliphatic rings. The summed E-state index contributed by atoms with van der Waals surface area (Å²) in [6.07, 6.45) is 13.5. The fourth-order valence-electron chi connectivity index (χ4n) is 2.54. The molecule has 2 rings (SSSR count). The zero-order valence-corrected chi connectivity index (χ0v) is 9.43. The van der Waals surface area contributed by atoms with Crippen LogP contribution in [0.3, 0.4) is 0 Å². The average Bonchev–Trinajstić information content (AvgIpc) is 2.55. The van der Waals surface area contributed by atoms with Crippen LogP contribution in [0.2, 0.25) is 0 Å².